The standard InChI is InChI=1S/C12H18N2O2/c1-5-14(6-2)11-8-7-10(9(3)13-11)12(15)16-4/h7-8H,5-6H2,1-4H3. The van der Waals surface area contributed by atoms with Crippen LogP contribution in [0.5, 0.6) is 0 Å². The molecule has 0 aliphatic heterocycles. The number of anilines is 1. The molecule has 16 heavy (non-hydrogen) atoms. The monoisotopic (exact) mass is 222 g/mol. The predicted octanol–water partition coefficient (Wildman–Crippen LogP) is 2.02. The Labute approximate surface area is 96.2 Å². The zero-order chi connectivity index (χ0) is 12.1. The van der Waals surface area contributed by atoms with E-state index in [1.54, 1.807) is 6.07 Å². The molecule has 0 aromatic carbocycles. The molecule has 0 unspecified atom stereocenters. The number of ether oxygens (including phenoxy) is 1. The summed E-state index contributed by atoms with van der Waals surface area (Å²) >= 11 is 0. The lowest BCUT2D eigenvalue weighted by Gasteiger charge is -2.20. The zero-order valence-corrected chi connectivity index (χ0v) is 10.3. The van der Waals surface area contributed by atoms with Gasteiger partial charge in [-0.1, -0.05) is 0 Å². The highest BCUT2D eigenvalue weighted by Gasteiger charge is 2.12. The van der Waals surface area contributed by atoms with E-state index >= 15 is 0 Å². The Morgan fingerprint density at radius 3 is 2.44 bits per heavy atom. The van der Waals surface area contributed by atoms with Gasteiger partial charge in [0, 0.05) is 13.1 Å². The molecule has 0 atom stereocenters. The Balaban J connectivity index is 3.03. The first-order valence-electron chi connectivity index (χ1n) is 5.44. The van der Waals surface area contributed by atoms with Crippen LogP contribution in [-0.2, 0) is 4.74 Å². The molecule has 0 amide bonds. The van der Waals surface area contributed by atoms with Crippen molar-refractivity contribution in [1.29, 1.82) is 0 Å². The molecule has 1 aromatic heterocycles. The Morgan fingerprint density at radius 1 is 1.38 bits per heavy atom. The number of aromatic nitrogens is 1. The fourth-order valence-electron chi connectivity index (χ4n) is 1.60. The first-order valence-corrected chi connectivity index (χ1v) is 5.44. The molecular formula is C12H18N2O2. The minimum absolute atomic E-state index is 0.337. The molecule has 1 aromatic rings. The summed E-state index contributed by atoms with van der Waals surface area (Å²) in [5, 5.41) is 0. The fraction of sp³-hybridized carbons (Fsp3) is 0.500. The molecule has 0 aliphatic carbocycles. The molecule has 0 bridgehead atoms. The van der Waals surface area contributed by atoms with Gasteiger partial charge >= 0.3 is 5.97 Å². The molecule has 4 nitrogen and oxygen atoms in total. The second kappa shape index (κ2) is 5.49. The number of carbonyl (C=O) groups excluding carboxylic acids is 1. The van der Waals surface area contributed by atoms with E-state index in [2.05, 4.69) is 28.5 Å². The topological polar surface area (TPSA) is 42.4 Å². The van der Waals surface area contributed by atoms with E-state index in [9.17, 15) is 4.79 Å². The average Bonchev–Trinajstić information content (AvgIpc) is 2.30. The highest BCUT2D eigenvalue weighted by molar-refractivity contribution is 5.90. The molecule has 1 heterocycles. The van der Waals surface area contributed by atoms with Crippen molar-refractivity contribution in [2.75, 3.05) is 25.1 Å². The molecule has 4 heteroatoms. The number of nitrogens with zero attached hydrogens (tertiary/aromatic N) is 2. The van der Waals surface area contributed by atoms with E-state index < -0.39 is 0 Å². The molecule has 0 fully saturated rings. The highest BCUT2D eigenvalue weighted by Crippen LogP contribution is 2.15. The molecular weight excluding hydrogens is 204 g/mol. The summed E-state index contributed by atoms with van der Waals surface area (Å²) in [7, 11) is 1.38. The van der Waals surface area contributed by atoms with E-state index in [4.69, 9.17) is 0 Å². The second-order valence-electron chi connectivity index (χ2n) is 3.47. The van der Waals surface area contributed by atoms with Gasteiger partial charge in [0.05, 0.1) is 18.4 Å². The highest BCUT2D eigenvalue weighted by atomic mass is 16.5. The maximum Gasteiger partial charge on any atom is 0.339 e. The summed E-state index contributed by atoms with van der Waals surface area (Å²) in [5.74, 6) is 0.561. The maximum absolute atomic E-state index is 11.4. The van der Waals surface area contributed by atoms with Crippen LogP contribution in [0.1, 0.15) is 29.9 Å². The molecule has 88 valence electrons. The van der Waals surface area contributed by atoms with Crippen molar-refractivity contribution in [1.82, 2.24) is 4.98 Å². The van der Waals surface area contributed by atoms with Crippen molar-refractivity contribution in [3.63, 3.8) is 0 Å². The van der Waals surface area contributed by atoms with Gasteiger partial charge in [0.15, 0.2) is 0 Å². The lowest BCUT2D eigenvalue weighted by atomic mass is 10.2. The largest absolute Gasteiger partial charge is 0.465 e. The number of carbonyl (C=O) groups is 1. The first-order chi connectivity index (χ1) is 7.63. The van der Waals surface area contributed by atoms with Gasteiger partial charge in [-0.3, -0.25) is 0 Å². The van der Waals surface area contributed by atoms with Crippen LogP contribution >= 0.6 is 0 Å². The van der Waals surface area contributed by atoms with Crippen LogP contribution in [0.3, 0.4) is 0 Å². The van der Waals surface area contributed by atoms with Crippen molar-refractivity contribution in [2.45, 2.75) is 20.8 Å². The third kappa shape index (κ3) is 2.51. The van der Waals surface area contributed by atoms with E-state index in [0.29, 0.717) is 11.3 Å². The summed E-state index contributed by atoms with van der Waals surface area (Å²) in [6.07, 6.45) is 0. The van der Waals surface area contributed by atoms with Crippen molar-refractivity contribution in [3.05, 3.63) is 23.4 Å². The molecule has 0 N–H and O–H groups in total. The minimum Gasteiger partial charge on any atom is -0.465 e. The van der Waals surface area contributed by atoms with Gasteiger partial charge in [0.2, 0.25) is 0 Å². The summed E-state index contributed by atoms with van der Waals surface area (Å²) in [4.78, 5) is 17.9. The van der Waals surface area contributed by atoms with Crippen molar-refractivity contribution in [3.8, 4) is 0 Å². The fourth-order valence-corrected chi connectivity index (χ4v) is 1.60. The van der Waals surface area contributed by atoms with Gasteiger partial charge in [-0.2, -0.15) is 0 Å². The zero-order valence-electron chi connectivity index (χ0n) is 10.3. The Bertz CT molecular complexity index is 373. The minimum atomic E-state index is -0.337. The Kier molecular flexibility index (Phi) is 4.28. The van der Waals surface area contributed by atoms with Crippen molar-refractivity contribution >= 4 is 11.8 Å². The van der Waals surface area contributed by atoms with Gasteiger partial charge < -0.3 is 9.64 Å². The summed E-state index contributed by atoms with van der Waals surface area (Å²) in [6.45, 7) is 7.78. The van der Waals surface area contributed by atoms with E-state index in [-0.39, 0.29) is 5.97 Å². The number of aryl methyl sites for hydroxylation is 1. The summed E-state index contributed by atoms with van der Waals surface area (Å²) in [6, 6.07) is 3.62. The average molecular weight is 222 g/mol. The number of methoxy groups -OCH3 is 1. The smallest absolute Gasteiger partial charge is 0.339 e. The molecule has 0 saturated carbocycles. The van der Waals surface area contributed by atoms with Gasteiger partial charge in [0.1, 0.15) is 5.82 Å². The third-order valence-electron chi connectivity index (χ3n) is 2.56. The van der Waals surface area contributed by atoms with Crippen LogP contribution in [-0.4, -0.2) is 31.2 Å². The van der Waals surface area contributed by atoms with Crippen LogP contribution in [0.15, 0.2) is 12.1 Å². The molecule has 0 radical (unpaired) electrons. The first kappa shape index (κ1) is 12.5. The molecule has 0 spiro atoms. The van der Waals surface area contributed by atoms with E-state index in [1.807, 2.05) is 13.0 Å². The number of pyridine rings is 1. The molecule has 0 aliphatic rings. The SMILES string of the molecule is CCN(CC)c1ccc(C(=O)OC)c(C)n1. The Morgan fingerprint density at radius 2 is 2.00 bits per heavy atom. The van der Waals surface area contributed by atoms with Crippen LogP contribution < -0.4 is 4.90 Å². The molecule has 0 saturated heterocycles. The van der Waals surface area contributed by atoms with Crippen molar-refractivity contribution in [2.24, 2.45) is 0 Å². The van der Waals surface area contributed by atoms with E-state index in [0.717, 1.165) is 18.9 Å². The van der Waals surface area contributed by atoms with Crippen LogP contribution in [0.4, 0.5) is 5.82 Å². The lowest BCUT2D eigenvalue weighted by molar-refractivity contribution is 0.0599. The van der Waals surface area contributed by atoms with Gasteiger partial charge in [-0.15, -0.1) is 0 Å². The van der Waals surface area contributed by atoms with Crippen molar-refractivity contribution < 1.29 is 9.53 Å². The summed E-state index contributed by atoms with van der Waals surface area (Å²) in [5.41, 5.74) is 1.23. The van der Waals surface area contributed by atoms with Crippen LogP contribution in [0.25, 0.3) is 0 Å². The van der Waals surface area contributed by atoms with Crippen LogP contribution in [0, 0.1) is 6.92 Å². The van der Waals surface area contributed by atoms with Gasteiger partial charge in [-0.05, 0) is 32.9 Å². The number of hydrogen-bond acceptors (Lipinski definition) is 4. The van der Waals surface area contributed by atoms with Gasteiger partial charge in [0.25, 0.3) is 0 Å². The predicted molar refractivity (Wildman–Crippen MR) is 63.9 cm³/mol. The number of esters is 1. The normalized spacial score (nSPS) is 10.0. The maximum atomic E-state index is 11.4. The van der Waals surface area contributed by atoms with E-state index in [1.165, 1.54) is 7.11 Å². The number of rotatable bonds is 4. The Hall–Kier alpha value is -1.58. The van der Waals surface area contributed by atoms with Crippen LogP contribution in [0.2, 0.25) is 0 Å². The second-order valence-corrected chi connectivity index (χ2v) is 3.47. The molecule has 1 rings (SSSR count). The lowest BCUT2D eigenvalue weighted by Crippen LogP contribution is -2.23. The van der Waals surface area contributed by atoms with Gasteiger partial charge in [-0.25, -0.2) is 9.78 Å². The number of hydrogen-bond donors (Lipinski definition) is 0. The summed E-state index contributed by atoms with van der Waals surface area (Å²) < 4.78 is 4.68. The quantitative estimate of drug-likeness (QED) is 0.731. The third-order valence-corrected chi connectivity index (χ3v) is 2.56.